The number of nitrogens with zero attached hydrogens (tertiary/aromatic N) is 1. The minimum absolute atomic E-state index is 0.183. The first-order chi connectivity index (χ1) is 16.3. The lowest BCUT2D eigenvalue weighted by molar-refractivity contribution is 0.0552. The van der Waals surface area contributed by atoms with Crippen LogP contribution in [0.1, 0.15) is 35.3 Å². The first-order valence-electron chi connectivity index (χ1n) is 10.9. The summed E-state index contributed by atoms with van der Waals surface area (Å²) in [6.45, 7) is 6.84. The Morgan fingerprint density at radius 3 is 2.44 bits per heavy atom. The van der Waals surface area contributed by atoms with Gasteiger partial charge in [-0.05, 0) is 62.7 Å². The minimum Gasteiger partial charge on any atom is -0.491 e. The summed E-state index contributed by atoms with van der Waals surface area (Å²) in [4.78, 5) is 16.3. The molecule has 0 radical (unpaired) electrons. The monoisotopic (exact) mass is 480 g/mol. The number of carboxylic acid groups (broad SMARTS) is 1. The molecule has 34 heavy (non-hydrogen) atoms. The molecule has 0 spiro atoms. The van der Waals surface area contributed by atoms with Crippen LogP contribution >= 0.6 is 12.2 Å². The highest BCUT2D eigenvalue weighted by atomic mass is 32.1. The van der Waals surface area contributed by atoms with Crippen LogP contribution < -0.4 is 14.8 Å². The van der Waals surface area contributed by atoms with Crippen molar-refractivity contribution >= 4 is 28.9 Å². The summed E-state index contributed by atoms with van der Waals surface area (Å²) >= 11 is 5.41. The van der Waals surface area contributed by atoms with Crippen molar-refractivity contribution in [1.29, 1.82) is 0 Å². The van der Waals surface area contributed by atoms with Crippen LogP contribution in [0.4, 0.5) is 5.69 Å². The van der Waals surface area contributed by atoms with Gasteiger partial charge in [0.25, 0.3) is 0 Å². The van der Waals surface area contributed by atoms with Gasteiger partial charge in [0.05, 0.1) is 29.0 Å². The average Bonchev–Trinajstić information content (AvgIpc) is 2.80. The van der Waals surface area contributed by atoms with Crippen molar-refractivity contribution in [3.05, 3.63) is 77.5 Å². The quantitative estimate of drug-likeness (QED) is 0.268. The Hall–Kier alpha value is -3.49. The van der Waals surface area contributed by atoms with E-state index in [2.05, 4.69) is 10.3 Å². The van der Waals surface area contributed by atoms with Crippen molar-refractivity contribution in [2.45, 2.75) is 33.3 Å². The van der Waals surface area contributed by atoms with Gasteiger partial charge in [0, 0.05) is 18.7 Å². The third-order valence-electron chi connectivity index (χ3n) is 4.69. The zero-order valence-corrected chi connectivity index (χ0v) is 20.2. The number of hydrogen-bond acceptors (Lipinski definition) is 6. The van der Waals surface area contributed by atoms with Crippen LogP contribution in [0.2, 0.25) is 0 Å². The van der Waals surface area contributed by atoms with Crippen molar-refractivity contribution in [3.63, 3.8) is 0 Å². The lowest BCUT2D eigenvalue weighted by Gasteiger charge is -2.12. The fraction of sp³-hybridized carbons (Fsp3) is 0.269. The summed E-state index contributed by atoms with van der Waals surface area (Å²) in [7, 11) is 0. The second-order valence-corrected chi connectivity index (χ2v) is 8.42. The zero-order chi connectivity index (χ0) is 24.5. The largest absolute Gasteiger partial charge is 0.491 e. The van der Waals surface area contributed by atoms with E-state index in [4.69, 9.17) is 26.4 Å². The maximum atomic E-state index is 11.5. The van der Waals surface area contributed by atoms with E-state index in [0.29, 0.717) is 41.9 Å². The van der Waals surface area contributed by atoms with E-state index in [9.17, 15) is 9.90 Å². The molecule has 1 aromatic heterocycles. The summed E-state index contributed by atoms with van der Waals surface area (Å²) in [6, 6.07) is 16.1. The van der Waals surface area contributed by atoms with Gasteiger partial charge >= 0.3 is 5.97 Å². The predicted molar refractivity (Wildman–Crippen MR) is 135 cm³/mol. The summed E-state index contributed by atoms with van der Waals surface area (Å²) < 4.78 is 16.9. The maximum absolute atomic E-state index is 11.5. The standard InChI is InChI=1S/C26H28N2O5S/c1-17(2)31-12-13-32-20-6-8-21(9-7-20)33-24-11-5-19(16-27-24)15-25(34)28-23-10-4-18(3)14-22(23)26(29)30/h4-11,14,16-17H,12-13,15H2,1-3H3,(H,28,34)(H,29,30). The number of anilines is 1. The topological polar surface area (TPSA) is 89.9 Å². The number of rotatable bonds is 11. The van der Waals surface area contributed by atoms with Gasteiger partial charge in [-0.25, -0.2) is 9.78 Å². The Morgan fingerprint density at radius 2 is 1.79 bits per heavy atom. The Balaban J connectivity index is 1.51. The van der Waals surface area contributed by atoms with E-state index in [1.54, 1.807) is 24.4 Å². The number of carbonyl (C=O) groups is 1. The van der Waals surface area contributed by atoms with Crippen LogP contribution in [-0.4, -0.2) is 40.4 Å². The van der Waals surface area contributed by atoms with Crippen LogP contribution in [0.3, 0.4) is 0 Å². The highest BCUT2D eigenvalue weighted by Gasteiger charge is 2.12. The third kappa shape index (κ3) is 7.83. The molecule has 8 heteroatoms. The second kappa shape index (κ2) is 12.1. The van der Waals surface area contributed by atoms with Gasteiger partial charge in [-0.2, -0.15) is 0 Å². The number of benzene rings is 2. The second-order valence-electron chi connectivity index (χ2n) is 7.93. The Morgan fingerprint density at radius 1 is 1.06 bits per heavy atom. The van der Waals surface area contributed by atoms with Gasteiger partial charge in [0.1, 0.15) is 18.1 Å². The molecule has 0 saturated carbocycles. The Kier molecular flexibility index (Phi) is 8.95. The lowest BCUT2D eigenvalue weighted by atomic mass is 10.1. The molecule has 3 aromatic rings. The molecule has 0 aliphatic rings. The van der Waals surface area contributed by atoms with E-state index in [1.165, 1.54) is 0 Å². The van der Waals surface area contributed by atoms with Gasteiger partial charge in [0.15, 0.2) is 0 Å². The molecule has 0 saturated heterocycles. The normalized spacial score (nSPS) is 10.7. The highest BCUT2D eigenvalue weighted by Crippen LogP contribution is 2.23. The van der Waals surface area contributed by atoms with Crippen LogP contribution in [-0.2, 0) is 11.2 Å². The molecular weight excluding hydrogens is 452 g/mol. The summed E-state index contributed by atoms with van der Waals surface area (Å²) in [5.74, 6) is 0.831. The predicted octanol–water partition coefficient (Wildman–Crippen LogP) is 5.67. The molecule has 0 aliphatic carbocycles. The number of thiocarbonyl (C=S) groups is 1. The molecule has 178 valence electrons. The molecule has 0 atom stereocenters. The van der Waals surface area contributed by atoms with Crippen molar-refractivity contribution in [2.24, 2.45) is 0 Å². The molecule has 0 amide bonds. The molecule has 2 aromatic carbocycles. The lowest BCUT2D eigenvalue weighted by Crippen LogP contribution is -2.15. The number of pyridine rings is 1. The first kappa shape index (κ1) is 25.1. The number of ether oxygens (including phenoxy) is 3. The number of hydrogen-bond donors (Lipinski definition) is 2. The SMILES string of the molecule is Cc1ccc(NC(=S)Cc2ccc(Oc3ccc(OCCOC(C)C)cc3)nc2)c(C(=O)O)c1. The molecule has 0 aliphatic heterocycles. The summed E-state index contributed by atoms with van der Waals surface area (Å²) in [5, 5.41) is 12.4. The fourth-order valence-electron chi connectivity index (χ4n) is 3.07. The summed E-state index contributed by atoms with van der Waals surface area (Å²) in [6.07, 6.45) is 2.29. The van der Waals surface area contributed by atoms with Crippen molar-refractivity contribution < 1.29 is 24.1 Å². The zero-order valence-electron chi connectivity index (χ0n) is 19.4. The van der Waals surface area contributed by atoms with Gasteiger partial charge in [-0.15, -0.1) is 0 Å². The van der Waals surface area contributed by atoms with Crippen LogP contribution in [0.5, 0.6) is 17.4 Å². The molecule has 0 bridgehead atoms. The third-order valence-corrected chi connectivity index (χ3v) is 4.94. The van der Waals surface area contributed by atoms with Gasteiger partial charge in [-0.1, -0.05) is 29.9 Å². The number of nitrogens with one attached hydrogen (secondary N) is 1. The van der Waals surface area contributed by atoms with Crippen LogP contribution in [0.25, 0.3) is 0 Å². The van der Waals surface area contributed by atoms with Crippen molar-refractivity contribution in [1.82, 2.24) is 4.98 Å². The van der Waals surface area contributed by atoms with Crippen molar-refractivity contribution in [2.75, 3.05) is 18.5 Å². The van der Waals surface area contributed by atoms with E-state index in [-0.39, 0.29) is 11.7 Å². The molecule has 3 rings (SSSR count). The van der Waals surface area contributed by atoms with E-state index in [0.717, 1.165) is 16.9 Å². The van der Waals surface area contributed by atoms with Crippen LogP contribution in [0.15, 0.2) is 60.8 Å². The average molecular weight is 481 g/mol. The molecule has 0 unspecified atom stereocenters. The number of aryl methyl sites for hydroxylation is 1. The van der Waals surface area contributed by atoms with Gasteiger partial charge in [0.2, 0.25) is 5.88 Å². The van der Waals surface area contributed by atoms with Gasteiger partial charge in [-0.3, -0.25) is 0 Å². The Bertz CT molecular complexity index is 1120. The molecule has 1 heterocycles. The molecule has 7 nitrogen and oxygen atoms in total. The van der Waals surface area contributed by atoms with E-state index >= 15 is 0 Å². The number of aromatic carboxylic acids is 1. The van der Waals surface area contributed by atoms with Gasteiger partial charge < -0.3 is 24.6 Å². The fourth-order valence-corrected chi connectivity index (χ4v) is 3.34. The first-order valence-corrected chi connectivity index (χ1v) is 11.3. The minimum atomic E-state index is -1.00. The van der Waals surface area contributed by atoms with Crippen LogP contribution in [0, 0.1) is 6.92 Å². The maximum Gasteiger partial charge on any atom is 0.337 e. The number of aromatic nitrogens is 1. The smallest absolute Gasteiger partial charge is 0.337 e. The molecule has 2 N–H and O–H groups in total. The molecule has 0 fully saturated rings. The number of carboxylic acids is 1. The van der Waals surface area contributed by atoms with E-state index < -0.39 is 5.97 Å². The van der Waals surface area contributed by atoms with Crippen molar-refractivity contribution in [3.8, 4) is 17.4 Å². The summed E-state index contributed by atoms with van der Waals surface area (Å²) in [5.41, 5.74) is 2.40. The molecular formula is C26H28N2O5S. The Labute approximate surface area is 204 Å². The van der Waals surface area contributed by atoms with E-state index in [1.807, 2.05) is 57.2 Å². The highest BCUT2D eigenvalue weighted by molar-refractivity contribution is 7.80.